The zero-order chi connectivity index (χ0) is 9.00. The van der Waals surface area contributed by atoms with Crippen LogP contribution in [0.25, 0.3) is 0 Å². The standard InChI is InChI=1S/C12H18O/c1-7-2-8-4-9-5-10(13)6-12(9)11(8)3-7/h7-9,11-12H,2-6H2,1H3/t7?,8-,9-,11-,12+/m0/s1. The van der Waals surface area contributed by atoms with Crippen molar-refractivity contribution >= 4 is 5.78 Å². The highest BCUT2D eigenvalue weighted by Gasteiger charge is 2.50. The van der Waals surface area contributed by atoms with Gasteiger partial charge in [0.05, 0.1) is 0 Å². The van der Waals surface area contributed by atoms with E-state index in [9.17, 15) is 4.79 Å². The van der Waals surface area contributed by atoms with Gasteiger partial charge in [-0.05, 0) is 48.9 Å². The molecule has 3 aliphatic carbocycles. The molecule has 1 heteroatoms. The Balaban J connectivity index is 1.81. The monoisotopic (exact) mass is 178 g/mol. The van der Waals surface area contributed by atoms with Gasteiger partial charge in [-0.1, -0.05) is 6.92 Å². The van der Waals surface area contributed by atoms with Gasteiger partial charge in [-0.3, -0.25) is 4.79 Å². The highest BCUT2D eigenvalue weighted by Crippen LogP contribution is 2.57. The molecule has 0 saturated heterocycles. The van der Waals surface area contributed by atoms with Crippen LogP contribution in [0.15, 0.2) is 0 Å². The van der Waals surface area contributed by atoms with Crippen LogP contribution in [0.3, 0.4) is 0 Å². The van der Waals surface area contributed by atoms with Gasteiger partial charge in [0.2, 0.25) is 0 Å². The summed E-state index contributed by atoms with van der Waals surface area (Å²) in [6.45, 7) is 2.38. The quantitative estimate of drug-likeness (QED) is 0.557. The molecule has 1 unspecified atom stereocenters. The second kappa shape index (κ2) is 2.59. The van der Waals surface area contributed by atoms with Gasteiger partial charge in [0.25, 0.3) is 0 Å². The van der Waals surface area contributed by atoms with E-state index < -0.39 is 0 Å². The minimum absolute atomic E-state index is 0.549. The summed E-state index contributed by atoms with van der Waals surface area (Å²) in [6, 6.07) is 0. The molecule has 0 amide bonds. The van der Waals surface area contributed by atoms with Crippen molar-refractivity contribution in [1.29, 1.82) is 0 Å². The number of hydrogen-bond donors (Lipinski definition) is 0. The Morgan fingerprint density at radius 2 is 1.85 bits per heavy atom. The van der Waals surface area contributed by atoms with Crippen LogP contribution in [0.2, 0.25) is 0 Å². The SMILES string of the molecule is CC1C[C@H]2C[C@H]3CC(=O)C[C@H]3[C@H]2C1. The van der Waals surface area contributed by atoms with E-state index in [1.165, 1.54) is 19.3 Å². The zero-order valence-electron chi connectivity index (χ0n) is 8.33. The van der Waals surface area contributed by atoms with Crippen LogP contribution in [-0.4, -0.2) is 5.78 Å². The highest BCUT2D eigenvalue weighted by molar-refractivity contribution is 5.81. The lowest BCUT2D eigenvalue weighted by atomic mass is 9.89. The van der Waals surface area contributed by atoms with Gasteiger partial charge in [-0.2, -0.15) is 0 Å². The maximum absolute atomic E-state index is 11.3. The Morgan fingerprint density at radius 1 is 1.00 bits per heavy atom. The van der Waals surface area contributed by atoms with Crippen molar-refractivity contribution in [2.24, 2.45) is 29.6 Å². The van der Waals surface area contributed by atoms with Gasteiger partial charge in [0.1, 0.15) is 5.78 Å². The Morgan fingerprint density at radius 3 is 2.69 bits per heavy atom. The predicted octanol–water partition coefficient (Wildman–Crippen LogP) is 2.65. The molecule has 0 heterocycles. The van der Waals surface area contributed by atoms with Gasteiger partial charge in [-0.25, -0.2) is 0 Å². The minimum Gasteiger partial charge on any atom is -0.300 e. The first kappa shape index (κ1) is 8.02. The fourth-order valence-corrected chi connectivity index (χ4v) is 4.34. The van der Waals surface area contributed by atoms with E-state index in [1.807, 2.05) is 0 Å². The summed E-state index contributed by atoms with van der Waals surface area (Å²) in [5.41, 5.74) is 0. The summed E-state index contributed by atoms with van der Waals surface area (Å²) in [6.07, 6.45) is 6.10. The van der Waals surface area contributed by atoms with Crippen LogP contribution in [0.1, 0.15) is 39.0 Å². The van der Waals surface area contributed by atoms with Gasteiger partial charge >= 0.3 is 0 Å². The maximum atomic E-state index is 11.3. The van der Waals surface area contributed by atoms with E-state index in [0.29, 0.717) is 5.78 Å². The summed E-state index contributed by atoms with van der Waals surface area (Å²) in [4.78, 5) is 11.3. The van der Waals surface area contributed by atoms with Gasteiger partial charge in [0.15, 0.2) is 0 Å². The van der Waals surface area contributed by atoms with Crippen molar-refractivity contribution in [2.75, 3.05) is 0 Å². The van der Waals surface area contributed by atoms with E-state index in [1.54, 1.807) is 0 Å². The smallest absolute Gasteiger partial charge is 0.133 e. The van der Waals surface area contributed by atoms with Crippen LogP contribution in [0.5, 0.6) is 0 Å². The number of hydrogen-bond acceptors (Lipinski definition) is 1. The van der Waals surface area contributed by atoms with Crippen molar-refractivity contribution in [3.05, 3.63) is 0 Å². The molecule has 5 atom stereocenters. The molecule has 0 aromatic rings. The molecule has 3 aliphatic rings. The summed E-state index contributed by atoms with van der Waals surface area (Å²) in [7, 11) is 0. The largest absolute Gasteiger partial charge is 0.300 e. The van der Waals surface area contributed by atoms with E-state index in [-0.39, 0.29) is 0 Å². The number of ketones is 1. The number of Topliss-reactive ketones (excluding diaryl/α,β-unsaturated/α-hetero) is 1. The van der Waals surface area contributed by atoms with Crippen LogP contribution < -0.4 is 0 Å². The number of rotatable bonds is 0. The third-order valence-electron chi connectivity index (χ3n) is 4.70. The molecule has 0 aromatic carbocycles. The second-order valence-corrected chi connectivity index (χ2v) is 5.61. The lowest BCUT2D eigenvalue weighted by Crippen LogP contribution is -2.10. The van der Waals surface area contributed by atoms with Crippen molar-refractivity contribution < 1.29 is 4.79 Å². The number of carbonyl (C=O) groups is 1. The first-order valence-electron chi connectivity index (χ1n) is 5.75. The molecule has 0 aliphatic heterocycles. The zero-order valence-corrected chi connectivity index (χ0v) is 8.33. The summed E-state index contributed by atoms with van der Waals surface area (Å²) in [5, 5.41) is 0. The van der Waals surface area contributed by atoms with Crippen molar-refractivity contribution in [2.45, 2.75) is 39.0 Å². The van der Waals surface area contributed by atoms with Gasteiger partial charge < -0.3 is 0 Å². The Bertz CT molecular complexity index is 246. The van der Waals surface area contributed by atoms with Crippen LogP contribution in [0, 0.1) is 29.6 Å². The second-order valence-electron chi connectivity index (χ2n) is 5.61. The summed E-state index contributed by atoms with van der Waals surface area (Å²) < 4.78 is 0. The molecule has 3 saturated carbocycles. The molecule has 3 fully saturated rings. The number of fused-ring (bicyclic) bond motifs is 3. The van der Waals surface area contributed by atoms with E-state index >= 15 is 0 Å². The predicted molar refractivity (Wildman–Crippen MR) is 51.2 cm³/mol. The molecule has 0 spiro atoms. The molecule has 0 N–H and O–H groups in total. The van der Waals surface area contributed by atoms with Crippen LogP contribution in [-0.2, 0) is 4.79 Å². The van der Waals surface area contributed by atoms with Gasteiger partial charge in [0, 0.05) is 12.8 Å². The van der Waals surface area contributed by atoms with Crippen molar-refractivity contribution in [1.82, 2.24) is 0 Å². The van der Waals surface area contributed by atoms with Gasteiger partial charge in [-0.15, -0.1) is 0 Å². The molecule has 1 nitrogen and oxygen atoms in total. The molecule has 72 valence electrons. The van der Waals surface area contributed by atoms with Crippen LogP contribution in [0.4, 0.5) is 0 Å². The summed E-state index contributed by atoms with van der Waals surface area (Å²) in [5.74, 6) is 5.03. The number of carbonyl (C=O) groups excluding carboxylic acids is 1. The fraction of sp³-hybridized carbons (Fsp3) is 0.917. The molecule has 0 bridgehead atoms. The van der Waals surface area contributed by atoms with Crippen molar-refractivity contribution in [3.63, 3.8) is 0 Å². The fourth-order valence-electron chi connectivity index (χ4n) is 4.34. The first-order valence-corrected chi connectivity index (χ1v) is 5.75. The molecule has 13 heavy (non-hydrogen) atoms. The Labute approximate surface area is 79.9 Å². The molecule has 3 rings (SSSR count). The average Bonchev–Trinajstić information content (AvgIpc) is 2.60. The lowest BCUT2D eigenvalue weighted by molar-refractivity contribution is -0.118. The molecular weight excluding hydrogens is 160 g/mol. The minimum atomic E-state index is 0.549. The van der Waals surface area contributed by atoms with Crippen LogP contribution >= 0.6 is 0 Å². The first-order chi connectivity index (χ1) is 6.24. The maximum Gasteiger partial charge on any atom is 0.133 e. The van der Waals surface area contributed by atoms with E-state index in [2.05, 4.69) is 6.92 Å². The molecule has 0 aromatic heterocycles. The molecule has 0 radical (unpaired) electrons. The Hall–Kier alpha value is -0.330. The Kier molecular flexibility index (Phi) is 1.59. The third kappa shape index (κ3) is 1.09. The topological polar surface area (TPSA) is 17.1 Å². The average molecular weight is 178 g/mol. The van der Waals surface area contributed by atoms with E-state index in [4.69, 9.17) is 0 Å². The summed E-state index contributed by atoms with van der Waals surface area (Å²) >= 11 is 0. The third-order valence-corrected chi connectivity index (χ3v) is 4.70. The lowest BCUT2D eigenvalue weighted by Gasteiger charge is -2.15. The van der Waals surface area contributed by atoms with Crippen molar-refractivity contribution in [3.8, 4) is 0 Å². The molecular formula is C12H18O. The van der Waals surface area contributed by atoms with E-state index in [0.717, 1.165) is 42.4 Å². The normalized spacial score (nSPS) is 53.9. The highest BCUT2D eigenvalue weighted by atomic mass is 16.1.